The van der Waals surface area contributed by atoms with Crippen molar-refractivity contribution in [2.45, 2.75) is 19.4 Å². The fourth-order valence-corrected chi connectivity index (χ4v) is 2.90. The lowest BCUT2D eigenvalue weighted by Crippen LogP contribution is -2.20. The van der Waals surface area contributed by atoms with Crippen molar-refractivity contribution in [3.63, 3.8) is 0 Å². The number of ether oxygens (including phenoxy) is 1. The summed E-state index contributed by atoms with van der Waals surface area (Å²) in [6.07, 6.45) is -0.0693. The molecule has 0 amide bonds. The highest BCUT2D eigenvalue weighted by molar-refractivity contribution is 6.35. The lowest BCUT2D eigenvalue weighted by Gasteiger charge is -2.26. The molecule has 1 aliphatic heterocycles. The van der Waals surface area contributed by atoms with E-state index in [1.165, 1.54) is 0 Å². The number of halogens is 2. The van der Waals surface area contributed by atoms with Gasteiger partial charge in [0.25, 0.3) is 0 Å². The molecule has 0 fully saturated rings. The summed E-state index contributed by atoms with van der Waals surface area (Å²) in [6, 6.07) is 10.8. The van der Waals surface area contributed by atoms with Crippen molar-refractivity contribution >= 4 is 29.0 Å². The van der Waals surface area contributed by atoms with Crippen LogP contribution < -0.4 is 4.74 Å². The van der Waals surface area contributed by atoms with Gasteiger partial charge in [0.2, 0.25) is 0 Å². The molecule has 0 saturated carbocycles. The zero-order valence-corrected chi connectivity index (χ0v) is 12.3. The van der Waals surface area contributed by atoms with E-state index < -0.39 is 0 Å². The van der Waals surface area contributed by atoms with Gasteiger partial charge in [-0.05, 0) is 31.2 Å². The van der Waals surface area contributed by atoms with Gasteiger partial charge in [-0.15, -0.1) is 0 Å². The summed E-state index contributed by atoms with van der Waals surface area (Å²) in [5, 5.41) is 1.09. The Bertz CT molecular complexity index is 695. The smallest absolute Gasteiger partial charge is 0.170 e. The van der Waals surface area contributed by atoms with Crippen LogP contribution in [0.3, 0.4) is 0 Å². The van der Waals surface area contributed by atoms with Crippen LogP contribution in [0.1, 0.15) is 34.0 Å². The Morgan fingerprint density at radius 1 is 1.15 bits per heavy atom. The van der Waals surface area contributed by atoms with Crippen LogP contribution in [-0.4, -0.2) is 5.78 Å². The highest BCUT2D eigenvalue weighted by atomic mass is 35.5. The summed E-state index contributed by atoms with van der Waals surface area (Å²) in [7, 11) is 0. The van der Waals surface area contributed by atoms with E-state index in [9.17, 15) is 4.79 Å². The average molecular weight is 307 g/mol. The predicted octanol–water partition coefficient (Wildman–Crippen LogP) is 5.01. The second-order valence-electron chi connectivity index (χ2n) is 4.90. The fraction of sp³-hybridized carbons (Fsp3) is 0.188. The first-order chi connectivity index (χ1) is 9.54. The lowest BCUT2D eigenvalue weighted by atomic mass is 9.95. The zero-order chi connectivity index (χ0) is 14.3. The van der Waals surface area contributed by atoms with Crippen LogP contribution in [0.15, 0.2) is 36.4 Å². The normalized spacial score (nSPS) is 17.6. The van der Waals surface area contributed by atoms with Crippen LogP contribution in [0.4, 0.5) is 0 Å². The van der Waals surface area contributed by atoms with Crippen molar-refractivity contribution in [1.29, 1.82) is 0 Å². The number of hydrogen-bond donors (Lipinski definition) is 0. The Morgan fingerprint density at radius 2 is 1.95 bits per heavy atom. The molecule has 2 nitrogen and oxygen atoms in total. The minimum atomic E-state index is -0.359. The third-order valence-corrected chi connectivity index (χ3v) is 3.95. The molecule has 1 aliphatic rings. The highest BCUT2D eigenvalue weighted by Gasteiger charge is 2.28. The molecule has 2 aromatic rings. The Kier molecular flexibility index (Phi) is 3.45. The van der Waals surface area contributed by atoms with Crippen molar-refractivity contribution < 1.29 is 9.53 Å². The van der Waals surface area contributed by atoms with Crippen LogP contribution >= 0.6 is 23.2 Å². The molecular weight excluding hydrogens is 295 g/mol. The van der Waals surface area contributed by atoms with Crippen molar-refractivity contribution in [1.82, 2.24) is 0 Å². The van der Waals surface area contributed by atoms with E-state index in [4.69, 9.17) is 27.9 Å². The molecule has 2 aromatic carbocycles. The molecular formula is C16H12Cl2O2. The van der Waals surface area contributed by atoms with E-state index >= 15 is 0 Å². The molecule has 102 valence electrons. The summed E-state index contributed by atoms with van der Waals surface area (Å²) >= 11 is 12.1. The number of fused-ring (bicyclic) bond motifs is 1. The van der Waals surface area contributed by atoms with E-state index in [0.29, 0.717) is 21.4 Å². The standard InChI is InChI=1S/C16H12Cl2O2/c1-9-2-5-15-12(6-9)14(19)8-16(20-15)11-4-3-10(17)7-13(11)18/h2-7,16H,8H2,1H3/t16-/m1/s1. The number of carbonyl (C=O) groups excluding carboxylic acids is 1. The monoisotopic (exact) mass is 306 g/mol. The molecule has 0 radical (unpaired) electrons. The first-order valence-electron chi connectivity index (χ1n) is 6.30. The van der Waals surface area contributed by atoms with Gasteiger partial charge >= 0.3 is 0 Å². The van der Waals surface area contributed by atoms with Gasteiger partial charge in [0.1, 0.15) is 11.9 Å². The van der Waals surface area contributed by atoms with Gasteiger partial charge in [0.05, 0.1) is 12.0 Å². The molecule has 0 N–H and O–H groups in total. The molecule has 0 aliphatic carbocycles. The van der Waals surface area contributed by atoms with Gasteiger partial charge in [-0.2, -0.15) is 0 Å². The Balaban J connectivity index is 1.99. The van der Waals surface area contributed by atoms with Crippen LogP contribution in [-0.2, 0) is 0 Å². The predicted molar refractivity (Wildman–Crippen MR) is 80.0 cm³/mol. The van der Waals surface area contributed by atoms with Crippen molar-refractivity contribution in [2.75, 3.05) is 0 Å². The number of ketones is 1. The van der Waals surface area contributed by atoms with E-state index in [0.717, 1.165) is 11.1 Å². The van der Waals surface area contributed by atoms with Crippen LogP contribution in [0.25, 0.3) is 0 Å². The second-order valence-corrected chi connectivity index (χ2v) is 5.74. The van der Waals surface area contributed by atoms with Crippen LogP contribution in [0.5, 0.6) is 5.75 Å². The molecule has 20 heavy (non-hydrogen) atoms. The summed E-state index contributed by atoms with van der Waals surface area (Å²) in [5.74, 6) is 0.689. The second kappa shape index (κ2) is 5.12. The third-order valence-electron chi connectivity index (χ3n) is 3.38. The van der Waals surface area contributed by atoms with Crippen molar-refractivity contribution in [3.05, 3.63) is 63.1 Å². The van der Waals surface area contributed by atoms with E-state index in [2.05, 4.69) is 0 Å². The van der Waals surface area contributed by atoms with Gasteiger partial charge in [0.15, 0.2) is 5.78 Å². The van der Waals surface area contributed by atoms with E-state index in [1.54, 1.807) is 12.1 Å². The summed E-state index contributed by atoms with van der Waals surface area (Å²) in [4.78, 5) is 12.3. The van der Waals surface area contributed by atoms with E-state index in [-0.39, 0.29) is 18.3 Å². The summed E-state index contributed by atoms with van der Waals surface area (Å²) < 4.78 is 5.92. The molecule has 0 saturated heterocycles. The van der Waals surface area contributed by atoms with Crippen LogP contribution in [0.2, 0.25) is 10.0 Å². The topological polar surface area (TPSA) is 26.3 Å². The Morgan fingerprint density at radius 3 is 2.70 bits per heavy atom. The molecule has 3 rings (SSSR count). The highest BCUT2D eigenvalue weighted by Crippen LogP contribution is 2.38. The van der Waals surface area contributed by atoms with Gasteiger partial charge in [-0.25, -0.2) is 0 Å². The molecule has 4 heteroatoms. The number of carbonyl (C=O) groups is 1. The maximum atomic E-state index is 12.3. The lowest BCUT2D eigenvalue weighted by molar-refractivity contribution is 0.0850. The Hall–Kier alpha value is -1.51. The zero-order valence-electron chi connectivity index (χ0n) is 10.8. The maximum absolute atomic E-state index is 12.3. The largest absolute Gasteiger partial charge is 0.484 e. The first kappa shape index (κ1) is 13.5. The number of aryl methyl sites for hydroxylation is 1. The number of benzene rings is 2. The minimum absolute atomic E-state index is 0.0750. The maximum Gasteiger partial charge on any atom is 0.170 e. The van der Waals surface area contributed by atoms with E-state index in [1.807, 2.05) is 31.2 Å². The van der Waals surface area contributed by atoms with Gasteiger partial charge in [-0.1, -0.05) is 40.9 Å². The molecule has 0 bridgehead atoms. The molecule has 0 spiro atoms. The number of Topliss-reactive ketones (excluding diaryl/α,β-unsaturated/α-hetero) is 1. The van der Waals surface area contributed by atoms with Gasteiger partial charge in [0, 0.05) is 15.6 Å². The number of rotatable bonds is 1. The van der Waals surface area contributed by atoms with Crippen LogP contribution in [0, 0.1) is 6.92 Å². The number of hydrogen-bond acceptors (Lipinski definition) is 2. The van der Waals surface area contributed by atoms with Crippen molar-refractivity contribution in [3.8, 4) is 5.75 Å². The van der Waals surface area contributed by atoms with Gasteiger partial charge in [-0.3, -0.25) is 4.79 Å². The quantitative estimate of drug-likeness (QED) is 0.740. The first-order valence-corrected chi connectivity index (χ1v) is 7.05. The molecule has 1 heterocycles. The molecule has 1 atom stereocenters. The van der Waals surface area contributed by atoms with Gasteiger partial charge < -0.3 is 4.74 Å². The third kappa shape index (κ3) is 2.41. The minimum Gasteiger partial charge on any atom is -0.484 e. The molecule has 0 unspecified atom stereocenters. The Labute approximate surface area is 127 Å². The summed E-state index contributed by atoms with van der Waals surface area (Å²) in [6.45, 7) is 1.95. The average Bonchev–Trinajstić information content (AvgIpc) is 2.39. The molecule has 0 aromatic heterocycles. The SMILES string of the molecule is Cc1ccc2c(c1)C(=O)C[C@H](c1ccc(Cl)cc1Cl)O2. The summed E-state index contributed by atoms with van der Waals surface area (Å²) in [5.41, 5.74) is 2.48. The van der Waals surface area contributed by atoms with Crippen molar-refractivity contribution in [2.24, 2.45) is 0 Å². The fourth-order valence-electron chi connectivity index (χ4n) is 2.37.